The number of halogens is 1. The number of carbonyl (C=O) groups is 1. The summed E-state index contributed by atoms with van der Waals surface area (Å²) < 4.78 is 12.1. The fourth-order valence-electron chi connectivity index (χ4n) is 7.06. The molecule has 0 spiro atoms. The van der Waals surface area contributed by atoms with Gasteiger partial charge in [-0.2, -0.15) is 5.10 Å². The van der Waals surface area contributed by atoms with E-state index in [-0.39, 0.29) is 22.4 Å². The molecule has 0 amide bonds. The number of aromatic nitrogens is 2. The summed E-state index contributed by atoms with van der Waals surface area (Å²) in [6.07, 6.45) is 6.78. The van der Waals surface area contributed by atoms with Gasteiger partial charge in [-0.1, -0.05) is 11.6 Å². The number of nitrogens with one attached hydrogen (secondary N) is 1. The fourth-order valence-corrected chi connectivity index (χ4v) is 7.23. The molecule has 4 atom stereocenters. The minimum Gasteiger partial charge on any atom is -0.550 e. The minimum atomic E-state index is -1.02. The van der Waals surface area contributed by atoms with Gasteiger partial charge in [0.05, 0.1) is 31.6 Å². The van der Waals surface area contributed by atoms with Crippen molar-refractivity contribution in [3.05, 3.63) is 39.8 Å². The van der Waals surface area contributed by atoms with Crippen LogP contribution in [0.2, 0.25) is 5.02 Å². The molecule has 4 fully saturated rings. The third-order valence-corrected chi connectivity index (χ3v) is 8.03. The topological polar surface area (TPSA) is 106 Å². The van der Waals surface area contributed by atoms with Gasteiger partial charge in [0.25, 0.3) is 5.56 Å². The molecule has 33 heavy (non-hydrogen) atoms. The van der Waals surface area contributed by atoms with Crippen molar-refractivity contribution < 1.29 is 19.4 Å². The second-order valence-electron chi connectivity index (χ2n) is 10.0. The molecule has 2 unspecified atom stereocenters. The fraction of sp³-hybridized carbons (Fsp3) is 0.542. The lowest BCUT2D eigenvalue weighted by Crippen LogP contribution is -2.60. The molecule has 1 heterocycles. The molecule has 1 aromatic heterocycles. The first kappa shape index (κ1) is 22.1. The Bertz CT molecular complexity index is 1130. The number of hydrogen-bond donors (Lipinski definition) is 1. The van der Waals surface area contributed by atoms with Crippen LogP contribution in [-0.2, 0) is 10.3 Å². The van der Waals surface area contributed by atoms with E-state index in [9.17, 15) is 14.7 Å². The number of benzene rings is 1. The lowest BCUT2D eigenvalue weighted by atomic mass is 9.46. The Hall–Kier alpha value is -2.74. The zero-order valence-electron chi connectivity index (χ0n) is 18.7. The minimum absolute atomic E-state index is 0.0432. The Kier molecular flexibility index (Phi) is 5.31. The summed E-state index contributed by atoms with van der Waals surface area (Å²) in [4.78, 5) is 24.9. The first-order chi connectivity index (χ1) is 15.7. The van der Waals surface area contributed by atoms with E-state index in [0.29, 0.717) is 41.1 Å². The quantitative estimate of drug-likeness (QED) is 0.660. The summed E-state index contributed by atoms with van der Waals surface area (Å²) in [5.74, 6) is 0.987. The van der Waals surface area contributed by atoms with Crippen LogP contribution >= 0.6 is 11.6 Å². The van der Waals surface area contributed by atoms with Crippen molar-refractivity contribution in [2.75, 3.05) is 19.5 Å². The number of carboxylic acid groups (broad SMARTS) is 1. The maximum Gasteiger partial charge on any atom is 0.288 e. The average Bonchev–Trinajstić information content (AvgIpc) is 2.74. The Morgan fingerprint density at radius 2 is 1.82 bits per heavy atom. The van der Waals surface area contributed by atoms with Gasteiger partial charge in [0.2, 0.25) is 0 Å². The van der Waals surface area contributed by atoms with Gasteiger partial charge in [-0.15, -0.1) is 0 Å². The molecule has 0 aliphatic heterocycles. The van der Waals surface area contributed by atoms with Crippen LogP contribution < -0.4 is 25.5 Å². The third-order valence-electron chi connectivity index (χ3n) is 7.67. The van der Waals surface area contributed by atoms with E-state index in [4.69, 9.17) is 21.1 Å². The molecule has 0 radical (unpaired) electrons. The highest BCUT2D eigenvalue weighted by Crippen LogP contribution is 2.64. The van der Waals surface area contributed by atoms with Crippen LogP contribution in [-0.4, -0.2) is 30.0 Å². The first-order valence-corrected chi connectivity index (χ1v) is 11.6. The van der Waals surface area contributed by atoms with Crippen LogP contribution in [0.25, 0.3) is 0 Å². The standard InChI is InChI=1S/C24H28ClN3O5/c1-32-17-4-16(5-18(6-17)33-2)27-19-12-26-28(22(31)21(19)25)24-9-14-3-15(10-24)8-23(7-14,13-24)11-20(29)30/h4-6,12,14-15,27H,3,7-11,13H2,1-2H3,(H,29,30)/p-1/t14-,15+,23?,24?. The summed E-state index contributed by atoms with van der Waals surface area (Å²) in [5, 5.41) is 19.3. The van der Waals surface area contributed by atoms with Crippen molar-refractivity contribution in [3.8, 4) is 11.5 Å². The number of rotatable bonds is 7. The van der Waals surface area contributed by atoms with Gasteiger partial charge in [0.1, 0.15) is 16.5 Å². The SMILES string of the molecule is COc1cc(Nc2cnn(C34C[C@@H]5C[C@@H](CC(CC(=O)[O-])(C5)C3)C4)c(=O)c2Cl)cc(OC)c1. The van der Waals surface area contributed by atoms with Crippen LogP contribution in [0.3, 0.4) is 0 Å². The maximum atomic E-state index is 13.4. The summed E-state index contributed by atoms with van der Waals surface area (Å²) in [7, 11) is 3.12. The molecule has 4 saturated carbocycles. The van der Waals surface area contributed by atoms with Gasteiger partial charge in [0, 0.05) is 29.9 Å². The van der Waals surface area contributed by atoms with E-state index in [2.05, 4.69) is 10.4 Å². The zero-order chi connectivity index (χ0) is 23.4. The summed E-state index contributed by atoms with van der Waals surface area (Å²) >= 11 is 6.55. The highest BCUT2D eigenvalue weighted by Gasteiger charge is 2.59. The molecule has 1 N–H and O–H groups in total. The van der Waals surface area contributed by atoms with Crippen molar-refractivity contribution in [1.29, 1.82) is 0 Å². The Morgan fingerprint density at radius 1 is 1.18 bits per heavy atom. The van der Waals surface area contributed by atoms with Crippen molar-refractivity contribution in [2.24, 2.45) is 17.3 Å². The molecule has 9 heteroatoms. The Balaban J connectivity index is 1.49. The van der Waals surface area contributed by atoms with Crippen LogP contribution in [0, 0.1) is 17.3 Å². The zero-order valence-corrected chi connectivity index (χ0v) is 19.5. The van der Waals surface area contributed by atoms with Crippen LogP contribution in [0.5, 0.6) is 11.5 Å². The third kappa shape index (κ3) is 3.84. The molecule has 0 saturated heterocycles. The maximum absolute atomic E-state index is 13.4. The summed E-state index contributed by atoms with van der Waals surface area (Å²) in [6.45, 7) is 0. The van der Waals surface area contributed by atoms with Crippen LogP contribution in [0.1, 0.15) is 44.9 Å². The van der Waals surface area contributed by atoms with E-state index in [1.54, 1.807) is 38.6 Å². The van der Waals surface area contributed by atoms with Gasteiger partial charge in [-0.3, -0.25) is 4.79 Å². The number of ether oxygens (including phenoxy) is 2. The number of aliphatic carboxylic acids is 1. The second kappa shape index (κ2) is 7.94. The smallest absolute Gasteiger partial charge is 0.288 e. The van der Waals surface area contributed by atoms with Gasteiger partial charge < -0.3 is 24.7 Å². The molecule has 1 aromatic carbocycles. The molecule has 4 aliphatic carbocycles. The summed E-state index contributed by atoms with van der Waals surface area (Å²) in [6, 6.07) is 5.29. The van der Waals surface area contributed by atoms with Crippen LogP contribution in [0.4, 0.5) is 11.4 Å². The van der Waals surface area contributed by atoms with Gasteiger partial charge >= 0.3 is 0 Å². The van der Waals surface area contributed by atoms with Crippen LogP contribution in [0.15, 0.2) is 29.2 Å². The molecule has 6 rings (SSSR count). The Morgan fingerprint density at radius 3 is 2.39 bits per heavy atom. The van der Waals surface area contributed by atoms with E-state index >= 15 is 0 Å². The molecule has 8 nitrogen and oxygen atoms in total. The van der Waals surface area contributed by atoms with Crippen molar-refractivity contribution in [2.45, 2.75) is 50.5 Å². The molecular weight excluding hydrogens is 446 g/mol. The predicted molar refractivity (Wildman–Crippen MR) is 121 cm³/mol. The second-order valence-corrected chi connectivity index (χ2v) is 10.4. The number of carbonyl (C=O) groups excluding carboxylic acids is 1. The first-order valence-electron chi connectivity index (χ1n) is 11.2. The highest BCUT2D eigenvalue weighted by atomic mass is 35.5. The normalized spacial score (nSPS) is 29.7. The monoisotopic (exact) mass is 472 g/mol. The van der Waals surface area contributed by atoms with Crippen molar-refractivity contribution >= 4 is 28.9 Å². The van der Waals surface area contributed by atoms with E-state index in [1.165, 1.54) is 4.68 Å². The lowest BCUT2D eigenvalue weighted by Gasteiger charge is -2.62. The van der Waals surface area contributed by atoms with Crippen molar-refractivity contribution in [1.82, 2.24) is 9.78 Å². The van der Waals surface area contributed by atoms with Gasteiger partial charge in [0.15, 0.2) is 0 Å². The lowest BCUT2D eigenvalue weighted by molar-refractivity contribution is -0.310. The number of nitrogens with zero attached hydrogens (tertiary/aromatic N) is 2. The molecule has 4 bridgehead atoms. The molecule has 4 aliphatic rings. The van der Waals surface area contributed by atoms with E-state index in [1.807, 2.05) is 0 Å². The number of carboxylic acids is 1. The van der Waals surface area contributed by atoms with E-state index in [0.717, 1.165) is 32.1 Å². The number of anilines is 2. The van der Waals surface area contributed by atoms with E-state index < -0.39 is 11.5 Å². The average molecular weight is 473 g/mol. The van der Waals surface area contributed by atoms with Gasteiger partial charge in [-0.25, -0.2) is 4.68 Å². The number of hydrogen-bond acceptors (Lipinski definition) is 7. The Labute approximate surface area is 196 Å². The molecule has 176 valence electrons. The van der Waals surface area contributed by atoms with Crippen molar-refractivity contribution in [3.63, 3.8) is 0 Å². The molecular formula is C24H27ClN3O5-. The molecule has 2 aromatic rings. The predicted octanol–water partition coefficient (Wildman–Crippen LogP) is 3.09. The highest BCUT2D eigenvalue weighted by molar-refractivity contribution is 6.33. The van der Waals surface area contributed by atoms with Gasteiger partial charge in [-0.05, 0) is 62.2 Å². The number of methoxy groups -OCH3 is 2. The summed E-state index contributed by atoms with van der Waals surface area (Å²) in [5.41, 5.74) is -0.123. The largest absolute Gasteiger partial charge is 0.550 e.